The first kappa shape index (κ1) is 14.5. The van der Waals surface area contributed by atoms with Gasteiger partial charge in [-0.05, 0) is 35.8 Å². The van der Waals surface area contributed by atoms with E-state index in [2.05, 4.69) is 52.1 Å². The van der Waals surface area contributed by atoms with Crippen LogP contribution in [-0.4, -0.2) is 23.6 Å². The third-order valence-electron chi connectivity index (χ3n) is 2.34. The number of nitrogens with zero attached hydrogens (tertiary/aromatic N) is 1. The van der Waals surface area contributed by atoms with Gasteiger partial charge in [-0.2, -0.15) is 0 Å². The molecule has 0 heterocycles. The summed E-state index contributed by atoms with van der Waals surface area (Å²) in [4.78, 5) is 2.06. The fourth-order valence-corrected chi connectivity index (χ4v) is 1.77. The summed E-state index contributed by atoms with van der Waals surface area (Å²) in [5.74, 6) is 0.606. The zero-order valence-corrected chi connectivity index (χ0v) is 12.9. The van der Waals surface area contributed by atoms with E-state index in [4.69, 9.17) is 12.2 Å². The lowest BCUT2D eigenvalue weighted by Gasteiger charge is -2.22. The van der Waals surface area contributed by atoms with E-state index in [1.165, 1.54) is 5.56 Å². The minimum atomic E-state index is 0.606. The molecule has 17 heavy (non-hydrogen) atoms. The first-order valence-electron chi connectivity index (χ1n) is 5.72. The fraction of sp³-hybridized carbons (Fsp3) is 0.462. The summed E-state index contributed by atoms with van der Waals surface area (Å²) in [5.41, 5.74) is 1.25. The molecule has 0 bridgehead atoms. The lowest BCUT2D eigenvalue weighted by atomic mass is 10.2. The minimum absolute atomic E-state index is 0.606. The van der Waals surface area contributed by atoms with Gasteiger partial charge in [0, 0.05) is 24.6 Å². The number of hydrogen-bond donors (Lipinski definition) is 1. The smallest absolute Gasteiger partial charge is 0.168 e. The topological polar surface area (TPSA) is 15.3 Å². The van der Waals surface area contributed by atoms with Gasteiger partial charge in [-0.1, -0.05) is 41.9 Å². The van der Waals surface area contributed by atoms with Crippen molar-refractivity contribution in [2.24, 2.45) is 5.92 Å². The van der Waals surface area contributed by atoms with E-state index in [0.29, 0.717) is 5.92 Å². The normalized spacial score (nSPS) is 10.4. The van der Waals surface area contributed by atoms with E-state index in [0.717, 1.165) is 22.7 Å². The fourth-order valence-electron chi connectivity index (χ4n) is 1.36. The summed E-state index contributed by atoms with van der Waals surface area (Å²) in [7, 11) is 2.01. The standard InChI is InChI=1S/C13H19BrN2S/c1-10(2)8-15-13(17)16(3)9-11-4-6-12(14)7-5-11/h4-7,10H,8-9H2,1-3H3,(H,15,17). The monoisotopic (exact) mass is 314 g/mol. The van der Waals surface area contributed by atoms with Crippen LogP contribution in [0.1, 0.15) is 19.4 Å². The quantitative estimate of drug-likeness (QED) is 0.857. The molecule has 4 heteroatoms. The second-order valence-electron chi connectivity index (χ2n) is 4.56. The van der Waals surface area contributed by atoms with E-state index < -0.39 is 0 Å². The Balaban J connectivity index is 2.45. The zero-order chi connectivity index (χ0) is 12.8. The summed E-state index contributed by atoms with van der Waals surface area (Å²) < 4.78 is 1.10. The lowest BCUT2D eigenvalue weighted by molar-refractivity contribution is 0.480. The molecule has 0 atom stereocenters. The highest BCUT2D eigenvalue weighted by Crippen LogP contribution is 2.11. The maximum Gasteiger partial charge on any atom is 0.168 e. The second-order valence-corrected chi connectivity index (χ2v) is 5.86. The molecule has 1 aromatic rings. The van der Waals surface area contributed by atoms with Crippen LogP contribution in [0, 0.1) is 5.92 Å². The van der Waals surface area contributed by atoms with Gasteiger partial charge in [0.1, 0.15) is 0 Å². The number of nitrogens with one attached hydrogen (secondary N) is 1. The van der Waals surface area contributed by atoms with Crippen LogP contribution in [0.4, 0.5) is 0 Å². The lowest BCUT2D eigenvalue weighted by Crippen LogP contribution is -2.38. The van der Waals surface area contributed by atoms with Gasteiger partial charge < -0.3 is 10.2 Å². The first-order chi connectivity index (χ1) is 7.99. The van der Waals surface area contributed by atoms with Crippen molar-refractivity contribution in [1.82, 2.24) is 10.2 Å². The van der Waals surface area contributed by atoms with Gasteiger partial charge in [0.25, 0.3) is 0 Å². The van der Waals surface area contributed by atoms with Crippen LogP contribution in [0.25, 0.3) is 0 Å². The molecule has 0 saturated heterocycles. The number of benzene rings is 1. The van der Waals surface area contributed by atoms with Crippen molar-refractivity contribution in [2.75, 3.05) is 13.6 Å². The maximum absolute atomic E-state index is 5.33. The SMILES string of the molecule is CC(C)CNC(=S)N(C)Cc1ccc(Br)cc1. The van der Waals surface area contributed by atoms with Gasteiger partial charge in [0.15, 0.2) is 5.11 Å². The Hall–Kier alpha value is -0.610. The first-order valence-corrected chi connectivity index (χ1v) is 6.92. The molecule has 0 aliphatic rings. The Kier molecular flexibility index (Phi) is 5.92. The predicted octanol–water partition coefficient (Wildman–Crippen LogP) is 3.41. The van der Waals surface area contributed by atoms with Crippen molar-refractivity contribution in [3.05, 3.63) is 34.3 Å². The van der Waals surface area contributed by atoms with Crippen LogP contribution >= 0.6 is 28.1 Å². The highest BCUT2D eigenvalue weighted by molar-refractivity contribution is 9.10. The Morgan fingerprint density at radius 3 is 2.47 bits per heavy atom. The third-order valence-corrected chi connectivity index (χ3v) is 3.33. The van der Waals surface area contributed by atoms with E-state index in [-0.39, 0.29) is 0 Å². The molecule has 0 aliphatic heterocycles. The van der Waals surface area contributed by atoms with Crippen molar-refractivity contribution >= 4 is 33.3 Å². The molecule has 0 saturated carbocycles. The molecule has 0 radical (unpaired) electrons. The van der Waals surface area contributed by atoms with Crippen LogP contribution in [0.5, 0.6) is 0 Å². The van der Waals surface area contributed by atoms with Gasteiger partial charge in [-0.3, -0.25) is 0 Å². The molecule has 0 spiro atoms. The molecule has 1 aromatic carbocycles. The number of halogens is 1. The molecule has 94 valence electrons. The Morgan fingerprint density at radius 2 is 1.94 bits per heavy atom. The summed E-state index contributed by atoms with van der Waals surface area (Å²) in [6.07, 6.45) is 0. The van der Waals surface area contributed by atoms with Crippen LogP contribution in [0.2, 0.25) is 0 Å². The molecule has 1 N–H and O–H groups in total. The summed E-state index contributed by atoms with van der Waals surface area (Å²) in [6.45, 7) is 6.09. The summed E-state index contributed by atoms with van der Waals surface area (Å²) in [5, 5.41) is 4.07. The maximum atomic E-state index is 5.33. The average Bonchev–Trinajstić information content (AvgIpc) is 2.28. The van der Waals surface area contributed by atoms with Crippen molar-refractivity contribution in [2.45, 2.75) is 20.4 Å². The Bertz CT molecular complexity index is 362. The molecule has 0 aromatic heterocycles. The van der Waals surface area contributed by atoms with Gasteiger partial charge in [-0.15, -0.1) is 0 Å². The van der Waals surface area contributed by atoms with Gasteiger partial charge in [-0.25, -0.2) is 0 Å². The molecular weight excluding hydrogens is 296 g/mol. The van der Waals surface area contributed by atoms with Crippen LogP contribution in [0.3, 0.4) is 0 Å². The molecule has 2 nitrogen and oxygen atoms in total. The van der Waals surface area contributed by atoms with E-state index in [1.54, 1.807) is 0 Å². The summed E-state index contributed by atoms with van der Waals surface area (Å²) >= 11 is 8.76. The predicted molar refractivity (Wildman–Crippen MR) is 81.0 cm³/mol. The van der Waals surface area contributed by atoms with Crippen molar-refractivity contribution < 1.29 is 0 Å². The molecular formula is C13H19BrN2S. The molecule has 0 amide bonds. The highest BCUT2D eigenvalue weighted by atomic mass is 79.9. The van der Waals surface area contributed by atoms with E-state index in [1.807, 2.05) is 19.2 Å². The Morgan fingerprint density at radius 1 is 1.35 bits per heavy atom. The molecule has 1 rings (SSSR count). The number of thiocarbonyl (C=S) groups is 1. The molecule has 0 unspecified atom stereocenters. The number of rotatable bonds is 4. The molecule has 0 aliphatic carbocycles. The average molecular weight is 315 g/mol. The van der Waals surface area contributed by atoms with Crippen molar-refractivity contribution in [1.29, 1.82) is 0 Å². The second kappa shape index (κ2) is 6.97. The van der Waals surface area contributed by atoms with E-state index in [9.17, 15) is 0 Å². The van der Waals surface area contributed by atoms with Gasteiger partial charge in [0.2, 0.25) is 0 Å². The Labute approximate surface area is 118 Å². The van der Waals surface area contributed by atoms with Crippen molar-refractivity contribution in [3.8, 4) is 0 Å². The van der Waals surface area contributed by atoms with Gasteiger partial charge in [0.05, 0.1) is 0 Å². The van der Waals surface area contributed by atoms with Crippen LogP contribution in [0.15, 0.2) is 28.7 Å². The van der Waals surface area contributed by atoms with E-state index >= 15 is 0 Å². The largest absolute Gasteiger partial charge is 0.362 e. The van der Waals surface area contributed by atoms with Crippen LogP contribution < -0.4 is 5.32 Å². The highest BCUT2D eigenvalue weighted by Gasteiger charge is 2.05. The third kappa shape index (κ3) is 5.50. The minimum Gasteiger partial charge on any atom is -0.362 e. The zero-order valence-electron chi connectivity index (χ0n) is 10.5. The summed E-state index contributed by atoms with van der Waals surface area (Å²) in [6, 6.07) is 8.30. The number of hydrogen-bond acceptors (Lipinski definition) is 1. The van der Waals surface area contributed by atoms with Gasteiger partial charge >= 0.3 is 0 Å². The van der Waals surface area contributed by atoms with Crippen molar-refractivity contribution in [3.63, 3.8) is 0 Å². The molecule has 0 fully saturated rings. The van der Waals surface area contributed by atoms with Crippen LogP contribution in [-0.2, 0) is 6.54 Å².